The van der Waals surface area contributed by atoms with E-state index in [-0.39, 0.29) is 36.3 Å². The van der Waals surface area contributed by atoms with Crippen molar-refractivity contribution in [1.29, 1.82) is 0 Å². The fourth-order valence-electron chi connectivity index (χ4n) is 2.65. The number of carbonyl (C=O) groups excluding carboxylic acids is 2. The van der Waals surface area contributed by atoms with Crippen molar-refractivity contribution < 1.29 is 19.4 Å². The highest BCUT2D eigenvalue weighted by Crippen LogP contribution is 2.21. The molecule has 1 N–H and O–H groups in total. The second-order valence-corrected chi connectivity index (χ2v) is 7.69. The number of aromatic nitrogens is 2. The molecule has 0 bridgehead atoms. The summed E-state index contributed by atoms with van der Waals surface area (Å²) in [6.45, 7) is 1.15. The Hall–Kier alpha value is -1.91. The van der Waals surface area contributed by atoms with Crippen LogP contribution in [0, 0.1) is 0 Å². The molecule has 3 heterocycles. The van der Waals surface area contributed by atoms with Crippen molar-refractivity contribution in [1.82, 2.24) is 14.9 Å². The third-order valence-electron chi connectivity index (χ3n) is 3.95. The van der Waals surface area contributed by atoms with Gasteiger partial charge < -0.3 is 20.0 Å². The van der Waals surface area contributed by atoms with E-state index < -0.39 is 5.97 Å². The summed E-state index contributed by atoms with van der Waals surface area (Å²) in [6.07, 6.45) is 1.71. The highest BCUT2D eigenvalue weighted by atomic mass is 32.2. The Kier molecular flexibility index (Phi) is 6.28. The van der Waals surface area contributed by atoms with Crippen LogP contribution in [-0.2, 0) is 20.9 Å². The van der Waals surface area contributed by atoms with Crippen LogP contribution in [0.25, 0.3) is 10.2 Å². The van der Waals surface area contributed by atoms with Gasteiger partial charge in [0.2, 0.25) is 5.91 Å². The zero-order valence-electron chi connectivity index (χ0n) is 13.9. The van der Waals surface area contributed by atoms with Gasteiger partial charge in [-0.05, 0) is 24.3 Å². The summed E-state index contributed by atoms with van der Waals surface area (Å²) in [5.74, 6) is -1.34. The lowest BCUT2D eigenvalue weighted by molar-refractivity contribution is -0.306. The van der Waals surface area contributed by atoms with Crippen molar-refractivity contribution in [2.24, 2.45) is 0 Å². The summed E-state index contributed by atoms with van der Waals surface area (Å²) >= 11 is 2.37. The van der Waals surface area contributed by atoms with Crippen LogP contribution in [0.5, 0.6) is 0 Å². The first-order valence-corrected chi connectivity index (χ1v) is 10.1. The van der Waals surface area contributed by atoms with Crippen LogP contribution < -0.4 is 16.0 Å². The largest absolute Gasteiger partial charge is 0.550 e. The minimum absolute atomic E-state index is 0.0398. The Balaban J connectivity index is 1.68. The van der Waals surface area contributed by atoms with E-state index in [1.54, 1.807) is 11.4 Å². The first kappa shape index (κ1) is 18.9. The van der Waals surface area contributed by atoms with Crippen LogP contribution in [0.2, 0.25) is 0 Å². The number of carbonyl (C=O) groups is 2. The van der Waals surface area contributed by atoms with Crippen molar-refractivity contribution in [2.45, 2.75) is 37.1 Å². The van der Waals surface area contributed by atoms with Crippen molar-refractivity contribution in [3.05, 3.63) is 21.8 Å². The molecule has 3 rings (SSSR count). The smallest absolute Gasteiger partial charge is 0.272 e. The third kappa shape index (κ3) is 4.63. The molecule has 10 heteroatoms. The Morgan fingerprint density at radius 1 is 1.50 bits per heavy atom. The molecule has 0 aromatic carbocycles. The molecule has 8 nitrogen and oxygen atoms in total. The number of hydrogen-bond acceptors (Lipinski definition) is 8. The maximum absolute atomic E-state index is 12.6. The van der Waals surface area contributed by atoms with Gasteiger partial charge in [-0.2, -0.15) is 0 Å². The molecule has 1 aliphatic heterocycles. The highest BCUT2D eigenvalue weighted by Gasteiger charge is 2.17. The van der Waals surface area contributed by atoms with E-state index in [2.05, 4.69) is 10.3 Å². The van der Waals surface area contributed by atoms with Crippen molar-refractivity contribution in [3.63, 3.8) is 0 Å². The van der Waals surface area contributed by atoms with Gasteiger partial charge in [0.1, 0.15) is 4.70 Å². The quantitative estimate of drug-likeness (QED) is 0.493. The van der Waals surface area contributed by atoms with Crippen LogP contribution in [0.3, 0.4) is 0 Å². The molecule has 1 unspecified atom stereocenters. The van der Waals surface area contributed by atoms with Gasteiger partial charge in [-0.3, -0.25) is 14.2 Å². The maximum Gasteiger partial charge on any atom is 0.272 e. The molecular weight excluding hydrogens is 378 g/mol. The first-order chi connectivity index (χ1) is 12.5. The number of nitrogens with one attached hydrogen (secondary N) is 1. The number of rotatable bonds is 8. The summed E-state index contributed by atoms with van der Waals surface area (Å²) in [5.41, 5.74) is 0.250. The molecule has 1 saturated heterocycles. The normalized spacial score (nSPS) is 16.8. The number of aliphatic carboxylic acids is 1. The molecule has 26 heavy (non-hydrogen) atoms. The Bertz CT molecular complexity index is 857. The Morgan fingerprint density at radius 2 is 2.35 bits per heavy atom. The fourth-order valence-corrected chi connectivity index (χ4v) is 4.28. The molecular formula is C16H18N3O5S2-. The molecule has 1 fully saturated rings. The van der Waals surface area contributed by atoms with Crippen LogP contribution in [-0.4, -0.2) is 46.4 Å². The number of carboxylic acid groups (broad SMARTS) is 1. The van der Waals surface area contributed by atoms with Gasteiger partial charge >= 0.3 is 0 Å². The number of ether oxygens (including phenoxy) is 1. The summed E-state index contributed by atoms with van der Waals surface area (Å²) in [5, 5.41) is 15.7. The van der Waals surface area contributed by atoms with Gasteiger partial charge in [0.15, 0.2) is 5.16 Å². The summed E-state index contributed by atoms with van der Waals surface area (Å²) in [6, 6.07) is 1.73. The lowest BCUT2D eigenvalue weighted by Gasteiger charge is -2.13. The Morgan fingerprint density at radius 3 is 3.08 bits per heavy atom. The predicted octanol–water partition coefficient (Wildman–Crippen LogP) is -0.0147. The maximum atomic E-state index is 12.6. The predicted molar refractivity (Wildman–Crippen MR) is 96.2 cm³/mol. The number of thiophene rings is 1. The zero-order chi connectivity index (χ0) is 18.5. The van der Waals surface area contributed by atoms with Gasteiger partial charge in [-0.25, -0.2) is 4.98 Å². The number of fused-ring (bicyclic) bond motifs is 1. The van der Waals surface area contributed by atoms with Gasteiger partial charge in [0.25, 0.3) is 5.56 Å². The molecule has 1 amide bonds. The van der Waals surface area contributed by atoms with E-state index in [0.29, 0.717) is 21.9 Å². The first-order valence-electron chi connectivity index (χ1n) is 8.23. The molecule has 2 aromatic rings. The number of nitrogens with zero attached hydrogens (tertiary/aromatic N) is 2. The number of amides is 1. The van der Waals surface area contributed by atoms with E-state index in [1.165, 1.54) is 15.9 Å². The van der Waals surface area contributed by atoms with Crippen molar-refractivity contribution in [3.8, 4) is 0 Å². The van der Waals surface area contributed by atoms with Crippen molar-refractivity contribution >= 4 is 45.2 Å². The second kappa shape index (κ2) is 8.65. The SMILES string of the molecule is O=C([O-])CCn1c(SCC(=O)NCC2CCCO2)nc2ccsc2c1=O. The molecule has 0 spiro atoms. The lowest BCUT2D eigenvalue weighted by atomic mass is 10.2. The zero-order valence-corrected chi connectivity index (χ0v) is 15.6. The molecule has 140 valence electrons. The standard InChI is InChI=1S/C16H19N3O5S2/c20-12(17-8-10-2-1-6-24-10)9-26-16-18-11-4-7-25-14(11)15(23)19(16)5-3-13(21)22/h4,7,10H,1-3,5-6,8-9H2,(H,17,20)(H,21,22)/p-1. The van der Waals surface area contributed by atoms with Gasteiger partial charge in [0, 0.05) is 32.1 Å². The van der Waals surface area contributed by atoms with Crippen molar-refractivity contribution in [2.75, 3.05) is 18.9 Å². The average Bonchev–Trinajstić information content (AvgIpc) is 3.28. The minimum atomic E-state index is -1.24. The van der Waals surface area contributed by atoms with E-state index in [9.17, 15) is 19.5 Å². The van der Waals surface area contributed by atoms with Crippen LogP contribution in [0.4, 0.5) is 0 Å². The van der Waals surface area contributed by atoms with Crippen LogP contribution >= 0.6 is 23.1 Å². The summed E-state index contributed by atoms with van der Waals surface area (Å²) < 4.78 is 7.22. The second-order valence-electron chi connectivity index (χ2n) is 5.84. The molecule has 0 radical (unpaired) electrons. The molecule has 0 saturated carbocycles. The fraction of sp³-hybridized carbons (Fsp3) is 0.500. The number of thioether (sulfide) groups is 1. The minimum Gasteiger partial charge on any atom is -0.550 e. The molecule has 1 atom stereocenters. The summed E-state index contributed by atoms with van der Waals surface area (Å²) in [7, 11) is 0. The molecule has 2 aromatic heterocycles. The topological polar surface area (TPSA) is 113 Å². The lowest BCUT2D eigenvalue weighted by Crippen LogP contribution is -2.33. The van der Waals surface area contributed by atoms with E-state index >= 15 is 0 Å². The van der Waals surface area contributed by atoms with E-state index in [4.69, 9.17) is 4.74 Å². The van der Waals surface area contributed by atoms with Gasteiger partial charge in [-0.15, -0.1) is 11.3 Å². The van der Waals surface area contributed by atoms with Crippen LogP contribution in [0.1, 0.15) is 19.3 Å². The van der Waals surface area contributed by atoms with Crippen LogP contribution in [0.15, 0.2) is 21.4 Å². The van der Waals surface area contributed by atoms with Gasteiger partial charge in [-0.1, -0.05) is 11.8 Å². The van der Waals surface area contributed by atoms with Gasteiger partial charge in [0.05, 0.1) is 17.4 Å². The molecule has 1 aliphatic rings. The summed E-state index contributed by atoms with van der Waals surface area (Å²) in [4.78, 5) is 39.8. The van der Waals surface area contributed by atoms with E-state index in [1.807, 2.05) is 0 Å². The average molecular weight is 396 g/mol. The number of hydrogen-bond donors (Lipinski definition) is 1. The monoisotopic (exact) mass is 396 g/mol. The Labute approximate surface area is 157 Å². The molecule has 0 aliphatic carbocycles. The third-order valence-corrected chi connectivity index (χ3v) is 5.82. The van der Waals surface area contributed by atoms with E-state index in [0.717, 1.165) is 31.2 Å². The number of carboxylic acids is 1. The highest BCUT2D eigenvalue weighted by molar-refractivity contribution is 7.99.